The van der Waals surface area contributed by atoms with E-state index in [-0.39, 0.29) is 5.84 Å². The number of imidazole rings is 1. The number of nitrogens with two attached hydrogens (primary N) is 1. The van der Waals surface area contributed by atoms with E-state index < -0.39 is 0 Å². The molecule has 106 valence electrons. The largest absolute Gasteiger partial charge is 0.384 e. The Morgan fingerprint density at radius 3 is 2.68 bits per heavy atom. The van der Waals surface area contributed by atoms with Crippen molar-refractivity contribution >= 4 is 27.8 Å². The molecule has 0 unspecified atom stereocenters. The summed E-state index contributed by atoms with van der Waals surface area (Å²) in [5.41, 5.74) is 9.58. The summed E-state index contributed by atoms with van der Waals surface area (Å²) in [6.45, 7) is 0. The molecule has 5 nitrogen and oxygen atoms in total. The van der Waals surface area contributed by atoms with Crippen LogP contribution in [0.25, 0.3) is 33.5 Å². The molecule has 0 atom stereocenters. The minimum Gasteiger partial charge on any atom is -0.384 e. The standard InChI is InChI=1S/C17H13N5/c18-16(19)11-6-7-13-15(9-11)22-17(21-13)14-8-5-10-3-1-2-4-12(10)20-14/h1-9H,(H3,18,19)(H,21,22). The summed E-state index contributed by atoms with van der Waals surface area (Å²) in [6.07, 6.45) is 0. The van der Waals surface area contributed by atoms with Gasteiger partial charge in [-0.15, -0.1) is 0 Å². The third kappa shape index (κ3) is 2.00. The molecule has 0 aliphatic carbocycles. The zero-order valence-corrected chi connectivity index (χ0v) is 11.7. The summed E-state index contributed by atoms with van der Waals surface area (Å²) in [5.74, 6) is 0.747. The highest BCUT2D eigenvalue weighted by Gasteiger charge is 2.08. The van der Waals surface area contributed by atoms with Crippen LogP contribution in [-0.4, -0.2) is 20.8 Å². The van der Waals surface area contributed by atoms with Crippen LogP contribution in [0.4, 0.5) is 0 Å². The third-order valence-electron chi connectivity index (χ3n) is 3.64. The van der Waals surface area contributed by atoms with Crippen molar-refractivity contribution in [3.63, 3.8) is 0 Å². The summed E-state index contributed by atoms with van der Waals surface area (Å²) in [4.78, 5) is 12.5. The van der Waals surface area contributed by atoms with Gasteiger partial charge >= 0.3 is 0 Å². The molecule has 4 aromatic rings. The molecule has 0 saturated carbocycles. The van der Waals surface area contributed by atoms with E-state index in [1.165, 1.54) is 0 Å². The van der Waals surface area contributed by atoms with E-state index in [0.29, 0.717) is 11.4 Å². The van der Waals surface area contributed by atoms with Gasteiger partial charge in [0.05, 0.1) is 16.6 Å². The quantitative estimate of drug-likeness (QED) is 0.391. The molecule has 0 aliphatic rings. The molecule has 2 aromatic carbocycles. The van der Waals surface area contributed by atoms with Crippen LogP contribution >= 0.6 is 0 Å². The summed E-state index contributed by atoms with van der Waals surface area (Å²) < 4.78 is 0. The van der Waals surface area contributed by atoms with Crippen molar-refractivity contribution in [2.45, 2.75) is 0 Å². The van der Waals surface area contributed by atoms with E-state index in [4.69, 9.17) is 11.1 Å². The molecule has 0 radical (unpaired) electrons. The number of hydrogen-bond acceptors (Lipinski definition) is 3. The number of amidine groups is 1. The Balaban J connectivity index is 1.86. The van der Waals surface area contributed by atoms with Crippen LogP contribution in [0.1, 0.15) is 5.56 Å². The van der Waals surface area contributed by atoms with Crippen LogP contribution in [0.15, 0.2) is 54.6 Å². The lowest BCUT2D eigenvalue weighted by molar-refractivity contribution is 1.27. The Morgan fingerprint density at radius 2 is 1.82 bits per heavy atom. The lowest BCUT2D eigenvalue weighted by atomic mass is 10.2. The molecule has 22 heavy (non-hydrogen) atoms. The maximum Gasteiger partial charge on any atom is 0.157 e. The van der Waals surface area contributed by atoms with Crippen LogP contribution in [0.5, 0.6) is 0 Å². The normalized spacial score (nSPS) is 11.1. The number of nitrogens with zero attached hydrogens (tertiary/aromatic N) is 2. The topological polar surface area (TPSA) is 91.4 Å². The van der Waals surface area contributed by atoms with E-state index in [1.54, 1.807) is 12.1 Å². The molecule has 0 fully saturated rings. The van der Waals surface area contributed by atoms with Crippen LogP contribution in [0, 0.1) is 5.41 Å². The fourth-order valence-electron chi connectivity index (χ4n) is 2.49. The van der Waals surface area contributed by atoms with Crippen molar-refractivity contribution in [3.05, 3.63) is 60.2 Å². The number of H-pyrrole nitrogens is 1. The van der Waals surface area contributed by atoms with Gasteiger partial charge in [-0.3, -0.25) is 5.41 Å². The monoisotopic (exact) mass is 287 g/mol. The van der Waals surface area contributed by atoms with Gasteiger partial charge in [-0.1, -0.05) is 24.3 Å². The van der Waals surface area contributed by atoms with Crippen LogP contribution in [0.2, 0.25) is 0 Å². The lowest BCUT2D eigenvalue weighted by Crippen LogP contribution is -2.10. The van der Waals surface area contributed by atoms with Crippen molar-refractivity contribution in [1.82, 2.24) is 15.0 Å². The van der Waals surface area contributed by atoms with E-state index in [9.17, 15) is 0 Å². The molecule has 0 bridgehead atoms. The summed E-state index contributed by atoms with van der Waals surface area (Å²) in [7, 11) is 0. The number of rotatable bonds is 2. The Labute approximate surface area is 126 Å². The zero-order chi connectivity index (χ0) is 15.1. The smallest absolute Gasteiger partial charge is 0.157 e. The van der Waals surface area contributed by atoms with Gasteiger partial charge in [-0.05, 0) is 30.3 Å². The minimum absolute atomic E-state index is 0.0373. The number of aromatic amines is 1. The number of fused-ring (bicyclic) bond motifs is 2. The second-order valence-electron chi connectivity index (χ2n) is 5.12. The van der Waals surface area contributed by atoms with Crippen molar-refractivity contribution < 1.29 is 0 Å². The van der Waals surface area contributed by atoms with Gasteiger partial charge in [-0.2, -0.15) is 0 Å². The number of pyridine rings is 1. The van der Waals surface area contributed by atoms with Crippen molar-refractivity contribution in [3.8, 4) is 11.5 Å². The molecular formula is C17H13N5. The van der Waals surface area contributed by atoms with E-state index in [0.717, 1.165) is 27.6 Å². The van der Waals surface area contributed by atoms with Crippen LogP contribution < -0.4 is 5.73 Å². The maximum atomic E-state index is 7.50. The highest BCUT2D eigenvalue weighted by molar-refractivity contribution is 5.98. The number of nitrogens with one attached hydrogen (secondary N) is 2. The van der Waals surface area contributed by atoms with Gasteiger partial charge < -0.3 is 10.7 Å². The molecule has 2 heterocycles. The number of benzene rings is 2. The Hall–Kier alpha value is -3.21. The van der Waals surface area contributed by atoms with Gasteiger partial charge in [0.2, 0.25) is 0 Å². The first-order valence-electron chi connectivity index (χ1n) is 6.91. The maximum absolute atomic E-state index is 7.50. The highest BCUT2D eigenvalue weighted by Crippen LogP contribution is 2.22. The minimum atomic E-state index is 0.0373. The number of aromatic nitrogens is 3. The number of nitrogen functional groups attached to an aromatic ring is 1. The molecule has 4 N–H and O–H groups in total. The van der Waals surface area contributed by atoms with Crippen molar-refractivity contribution in [1.29, 1.82) is 5.41 Å². The Bertz CT molecular complexity index is 1020. The predicted molar refractivity (Wildman–Crippen MR) is 87.8 cm³/mol. The van der Waals surface area contributed by atoms with E-state index in [2.05, 4.69) is 15.0 Å². The summed E-state index contributed by atoms with van der Waals surface area (Å²) >= 11 is 0. The molecule has 0 aliphatic heterocycles. The second-order valence-corrected chi connectivity index (χ2v) is 5.12. The first-order chi connectivity index (χ1) is 10.7. The molecule has 0 spiro atoms. The Kier molecular flexibility index (Phi) is 2.66. The average Bonchev–Trinajstić information content (AvgIpc) is 2.97. The van der Waals surface area contributed by atoms with Crippen LogP contribution in [0.3, 0.4) is 0 Å². The first kappa shape index (κ1) is 12.5. The molecular weight excluding hydrogens is 274 g/mol. The average molecular weight is 287 g/mol. The first-order valence-corrected chi connectivity index (χ1v) is 6.91. The molecule has 2 aromatic heterocycles. The van der Waals surface area contributed by atoms with Gasteiger partial charge in [-0.25, -0.2) is 9.97 Å². The lowest BCUT2D eigenvalue weighted by Gasteiger charge is -1.99. The Morgan fingerprint density at radius 1 is 0.955 bits per heavy atom. The highest BCUT2D eigenvalue weighted by atomic mass is 14.9. The molecule has 0 amide bonds. The molecule has 0 saturated heterocycles. The number of para-hydroxylation sites is 1. The van der Waals surface area contributed by atoms with Gasteiger partial charge in [0, 0.05) is 10.9 Å². The third-order valence-corrected chi connectivity index (χ3v) is 3.64. The number of hydrogen-bond donors (Lipinski definition) is 3. The summed E-state index contributed by atoms with van der Waals surface area (Å²) in [5, 5.41) is 8.60. The second kappa shape index (κ2) is 4.66. The molecule has 4 rings (SSSR count). The predicted octanol–water partition coefficient (Wildman–Crippen LogP) is 3.06. The van der Waals surface area contributed by atoms with E-state index >= 15 is 0 Å². The fourth-order valence-corrected chi connectivity index (χ4v) is 2.49. The van der Waals surface area contributed by atoms with Gasteiger partial charge in [0.15, 0.2) is 5.82 Å². The van der Waals surface area contributed by atoms with Crippen molar-refractivity contribution in [2.24, 2.45) is 5.73 Å². The van der Waals surface area contributed by atoms with Crippen molar-refractivity contribution in [2.75, 3.05) is 0 Å². The molecule has 5 heteroatoms. The summed E-state index contributed by atoms with van der Waals surface area (Å²) in [6, 6.07) is 17.4. The van der Waals surface area contributed by atoms with Gasteiger partial charge in [0.25, 0.3) is 0 Å². The fraction of sp³-hybridized carbons (Fsp3) is 0. The van der Waals surface area contributed by atoms with Crippen LogP contribution in [-0.2, 0) is 0 Å². The SMILES string of the molecule is N=C(N)c1ccc2[nH]c(-c3ccc4ccccc4n3)nc2c1. The van der Waals surface area contributed by atoms with Gasteiger partial charge in [0.1, 0.15) is 11.5 Å². The van der Waals surface area contributed by atoms with E-state index in [1.807, 2.05) is 42.5 Å². The zero-order valence-electron chi connectivity index (χ0n) is 11.7.